The second kappa shape index (κ2) is 42.6. The summed E-state index contributed by atoms with van der Waals surface area (Å²) >= 11 is 3.36. The summed E-state index contributed by atoms with van der Waals surface area (Å²) in [5, 5.41) is 5.28. The van der Waals surface area contributed by atoms with Crippen molar-refractivity contribution in [3.63, 3.8) is 0 Å². The van der Waals surface area contributed by atoms with Gasteiger partial charge in [0, 0.05) is 41.4 Å². The minimum Gasteiger partial charge on any atom is -0.492 e. The summed E-state index contributed by atoms with van der Waals surface area (Å²) in [6.45, 7) is 36.6. The molecule has 11 nitrogen and oxygen atoms in total. The highest BCUT2D eigenvalue weighted by atomic mass is 79.9. The zero-order valence-corrected chi connectivity index (χ0v) is 48.3. The average Bonchev–Trinajstić information content (AvgIpc) is 3.26. The van der Waals surface area contributed by atoms with E-state index in [0.717, 1.165) is 52.1 Å². The summed E-state index contributed by atoms with van der Waals surface area (Å²) in [6.07, 6.45) is 6.82. The molecule has 0 bridgehead atoms. The number of nitrogens with one attached hydrogen (secondary N) is 2. The molecule has 0 aliphatic carbocycles. The lowest BCUT2D eigenvalue weighted by molar-refractivity contribution is 0.0509. The Labute approximate surface area is 445 Å². The molecular formula is C58H90BrClN4O7. The number of amides is 2. The van der Waals surface area contributed by atoms with Crippen molar-refractivity contribution in [1.82, 2.24) is 15.5 Å². The van der Waals surface area contributed by atoms with E-state index in [9.17, 15) is 9.59 Å². The Bertz CT molecular complexity index is 2010. The lowest BCUT2D eigenvalue weighted by Crippen LogP contribution is -2.34. The molecule has 0 fully saturated rings. The zero-order valence-electron chi connectivity index (χ0n) is 45.9. The van der Waals surface area contributed by atoms with Crippen LogP contribution < -0.4 is 30.6 Å². The van der Waals surface area contributed by atoms with Crippen molar-refractivity contribution >= 4 is 40.5 Å². The number of rotatable bonds is 17. The van der Waals surface area contributed by atoms with Crippen LogP contribution in [0.25, 0.3) is 0 Å². The summed E-state index contributed by atoms with van der Waals surface area (Å²) in [6, 6.07) is 23.0. The number of nitrogens with two attached hydrogens (primary N) is 1. The summed E-state index contributed by atoms with van der Waals surface area (Å²) in [4.78, 5) is 25.2. The molecule has 0 aliphatic heterocycles. The van der Waals surface area contributed by atoms with E-state index in [1.807, 2.05) is 114 Å². The molecule has 0 saturated carbocycles. The lowest BCUT2D eigenvalue weighted by atomic mass is 10.1. The van der Waals surface area contributed by atoms with Gasteiger partial charge in [0.25, 0.3) is 0 Å². The molecule has 398 valence electrons. The van der Waals surface area contributed by atoms with Crippen molar-refractivity contribution in [2.24, 2.45) is 23.5 Å². The van der Waals surface area contributed by atoms with Gasteiger partial charge in [-0.25, -0.2) is 9.59 Å². The van der Waals surface area contributed by atoms with Crippen molar-refractivity contribution in [1.29, 1.82) is 0 Å². The van der Waals surface area contributed by atoms with E-state index in [2.05, 4.69) is 123 Å². The number of ether oxygens (including phenoxy) is 5. The maximum Gasteiger partial charge on any atom is 0.407 e. The van der Waals surface area contributed by atoms with E-state index >= 15 is 0 Å². The summed E-state index contributed by atoms with van der Waals surface area (Å²) in [5.74, 6) is 19.3. The van der Waals surface area contributed by atoms with E-state index in [1.54, 1.807) is 0 Å². The van der Waals surface area contributed by atoms with Crippen molar-refractivity contribution in [2.45, 2.75) is 134 Å². The van der Waals surface area contributed by atoms with Crippen LogP contribution in [0.5, 0.6) is 17.2 Å². The Hall–Kier alpha value is -5.03. The minimum atomic E-state index is -0.492. The zero-order chi connectivity index (χ0) is 53.4. The Morgan fingerprint density at radius 3 is 1.28 bits per heavy atom. The number of carbonyl (C=O) groups is 2. The van der Waals surface area contributed by atoms with Crippen LogP contribution in [0.3, 0.4) is 0 Å². The van der Waals surface area contributed by atoms with Gasteiger partial charge in [0.05, 0.1) is 13.1 Å². The van der Waals surface area contributed by atoms with E-state index in [4.69, 9.17) is 35.8 Å². The highest BCUT2D eigenvalue weighted by molar-refractivity contribution is 9.10. The number of carbonyl (C=O) groups excluding carboxylic acids is 2. The molecule has 4 N–H and O–H groups in total. The number of hydrogen-bond acceptors (Lipinski definition) is 9. The van der Waals surface area contributed by atoms with Crippen molar-refractivity contribution in [3.8, 4) is 53.3 Å². The standard InChI is InChI=1S/C19H27NO3.C14H19NO.C13H18BrNO3.C6H15N.C6H10.ClH/c1-15(2)8-6-9-16-10-7-11-17(14-16)22-13-12-20-18(21)23-19(3,4)5;1-12(2)5-3-6-13-7-4-8-14(11-13)16-10-9-15;1-13(2,3)18-12(16)15-7-8-17-11-6-4-5-10(14)9-11;1-4-7(5-2)6-3;1-4-5-6(2)3;/h7,10-11,14-15H,8,12-13H2,1-5H3,(H,20,21);4,7-8,11-12H,5,9-10,15H2,1-2H3;4-6,9H,7-8H2,1-3H3,(H,15,16);4-6H2,1-3H3;1,6H,5H2,2-3H3;1H. The normalized spacial score (nSPS) is 10.1. The molecule has 0 spiro atoms. The van der Waals surface area contributed by atoms with Gasteiger partial charge in [-0.2, -0.15) is 0 Å². The van der Waals surface area contributed by atoms with Crippen molar-refractivity contribution < 1.29 is 33.3 Å². The van der Waals surface area contributed by atoms with Crippen LogP contribution in [-0.2, 0) is 9.47 Å². The van der Waals surface area contributed by atoms with Gasteiger partial charge in [-0.1, -0.05) is 120 Å². The van der Waals surface area contributed by atoms with Gasteiger partial charge in [-0.15, -0.1) is 24.8 Å². The van der Waals surface area contributed by atoms with Gasteiger partial charge in [0.15, 0.2) is 0 Å². The minimum absolute atomic E-state index is 0. The van der Waals surface area contributed by atoms with Crippen LogP contribution in [0.4, 0.5) is 9.59 Å². The van der Waals surface area contributed by atoms with E-state index in [-0.39, 0.29) is 12.4 Å². The van der Waals surface area contributed by atoms with Gasteiger partial charge in [-0.05, 0) is 134 Å². The van der Waals surface area contributed by atoms with Gasteiger partial charge < -0.3 is 45.0 Å². The highest BCUT2D eigenvalue weighted by Gasteiger charge is 2.16. The molecular weight excluding hydrogens is 980 g/mol. The second-order valence-electron chi connectivity index (χ2n) is 18.9. The Balaban J connectivity index is -0.000000871. The molecule has 0 saturated heterocycles. The number of terminal acetylenes is 1. The molecule has 71 heavy (non-hydrogen) atoms. The third kappa shape index (κ3) is 47.1. The fourth-order valence-electron chi connectivity index (χ4n) is 4.95. The van der Waals surface area contributed by atoms with Crippen LogP contribution >= 0.6 is 28.3 Å². The largest absolute Gasteiger partial charge is 0.492 e. The summed E-state index contributed by atoms with van der Waals surface area (Å²) < 4.78 is 27.7. The predicted molar refractivity (Wildman–Crippen MR) is 303 cm³/mol. The van der Waals surface area contributed by atoms with Gasteiger partial charge >= 0.3 is 12.2 Å². The SMILES string of the molecule is C#CCC(C)C.CC(C)(C)OC(=O)NCCOc1cccc(Br)c1.CC(C)CC#Cc1cccc(OCCN)c1.CC(C)CC#Cc1cccc(OCCNC(=O)OC(C)(C)C)c1.CCN(CC)CC.Cl. The smallest absolute Gasteiger partial charge is 0.407 e. The first-order valence-electron chi connectivity index (χ1n) is 24.6. The monoisotopic (exact) mass is 1070 g/mol. The third-order valence-corrected chi connectivity index (χ3v) is 8.78. The molecule has 3 aromatic carbocycles. The molecule has 0 heterocycles. The Morgan fingerprint density at radius 2 is 0.986 bits per heavy atom. The molecule has 0 aliphatic rings. The first-order chi connectivity index (χ1) is 33.0. The molecule has 0 aromatic heterocycles. The fraction of sp³-hybridized carbons (Fsp3) is 0.552. The Kier molecular flexibility index (Phi) is 42.2. The van der Waals surface area contributed by atoms with Crippen LogP contribution in [-0.4, -0.2) is 87.4 Å². The van der Waals surface area contributed by atoms with E-state index in [0.29, 0.717) is 57.2 Å². The average molecular weight is 1070 g/mol. The molecule has 0 radical (unpaired) electrons. The molecule has 0 unspecified atom stereocenters. The number of hydrogen-bond donors (Lipinski definition) is 3. The van der Waals surface area contributed by atoms with Crippen LogP contribution in [0, 0.1) is 53.8 Å². The summed E-state index contributed by atoms with van der Waals surface area (Å²) in [7, 11) is 0. The first kappa shape index (κ1) is 70.2. The number of benzene rings is 3. The topological polar surface area (TPSA) is 134 Å². The Morgan fingerprint density at radius 1 is 0.620 bits per heavy atom. The lowest BCUT2D eigenvalue weighted by Gasteiger charge is -2.19. The molecule has 3 rings (SSSR count). The van der Waals surface area contributed by atoms with E-state index in [1.165, 1.54) is 19.6 Å². The number of nitrogens with zero attached hydrogens (tertiary/aromatic N) is 1. The predicted octanol–water partition coefficient (Wildman–Crippen LogP) is 13.2. The van der Waals surface area contributed by atoms with E-state index < -0.39 is 23.4 Å². The van der Waals surface area contributed by atoms with Gasteiger partial charge in [0.2, 0.25) is 0 Å². The van der Waals surface area contributed by atoms with Gasteiger partial charge in [0.1, 0.15) is 48.3 Å². The maximum absolute atomic E-state index is 11.5. The van der Waals surface area contributed by atoms with Crippen molar-refractivity contribution in [2.75, 3.05) is 59.1 Å². The van der Waals surface area contributed by atoms with Gasteiger partial charge in [-0.3, -0.25) is 0 Å². The maximum atomic E-state index is 11.5. The highest BCUT2D eigenvalue weighted by Crippen LogP contribution is 2.18. The molecule has 3 aromatic rings. The van der Waals surface area contributed by atoms with Crippen molar-refractivity contribution in [3.05, 3.63) is 88.4 Å². The van der Waals surface area contributed by atoms with Crippen LogP contribution in [0.2, 0.25) is 0 Å². The summed E-state index contributed by atoms with van der Waals surface area (Å²) in [5.41, 5.74) is 6.33. The molecule has 13 heteroatoms. The fourth-order valence-corrected chi connectivity index (χ4v) is 5.33. The molecule has 2 amide bonds. The second-order valence-corrected chi connectivity index (χ2v) is 19.8. The first-order valence-corrected chi connectivity index (χ1v) is 25.4. The van der Waals surface area contributed by atoms with Crippen LogP contribution in [0.15, 0.2) is 77.3 Å². The number of alkyl carbamates (subject to hydrolysis) is 2. The molecule has 0 atom stereocenters. The third-order valence-electron chi connectivity index (χ3n) is 8.28. The van der Waals surface area contributed by atoms with Crippen LogP contribution in [0.1, 0.15) is 134 Å². The number of halogens is 2. The quantitative estimate of drug-likeness (QED) is 0.0892.